The van der Waals surface area contributed by atoms with E-state index < -0.39 is 28.9 Å². The van der Waals surface area contributed by atoms with Gasteiger partial charge in [0.25, 0.3) is 5.91 Å². The van der Waals surface area contributed by atoms with E-state index in [2.05, 4.69) is 5.32 Å². The van der Waals surface area contributed by atoms with Gasteiger partial charge in [0.05, 0.1) is 11.2 Å². The van der Waals surface area contributed by atoms with E-state index >= 15 is 0 Å². The molecule has 0 bridgehead atoms. The molecule has 0 aliphatic carbocycles. The number of amides is 1. The van der Waals surface area contributed by atoms with Crippen molar-refractivity contribution in [2.75, 3.05) is 18.9 Å². The summed E-state index contributed by atoms with van der Waals surface area (Å²) in [5.74, 6) is -0.603. The van der Waals surface area contributed by atoms with Gasteiger partial charge in [0.15, 0.2) is 0 Å². The fourth-order valence-corrected chi connectivity index (χ4v) is 1.78. The zero-order valence-corrected chi connectivity index (χ0v) is 12.2. The molecule has 3 N–H and O–H groups in total. The van der Waals surface area contributed by atoms with Crippen LogP contribution in [0.2, 0.25) is 0 Å². The maximum atomic E-state index is 12.7. The molecule has 0 aliphatic rings. The Morgan fingerprint density at radius 2 is 1.95 bits per heavy atom. The van der Waals surface area contributed by atoms with Gasteiger partial charge in [-0.1, -0.05) is 0 Å². The summed E-state index contributed by atoms with van der Waals surface area (Å²) in [5.41, 5.74) is 3.18. The van der Waals surface area contributed by atoms with Gasteiger partial charge in [0.1, 0.15) is 0 Å². The molecule has 0 heterocycles. The largest absolute Gasteiger partial charge is 0.418 e. The van der Waals surface area contributed by atoms with Crippen molar-refractivity contribution in [2.45, 2.75) is 32.5 Å². The van der Waals surface area contributed by atoms with Crippen molar-refractivity contribution >= 4 is 11.6 Å². The number of carbonyl (C=O) groups excluding carboxylic acids is 1. The minimum absolute atomic E-state index is 0.0937. The first-order valence-corrected chi connectivity index (χ1v) is 6.45. The molecule has 0 saturated heterocycles. The molecule has 21 heavy (non-hydrogen) atoms. The van der Waals surface area contributed by atoms with Crippen LogP contribution in [-0.2, 0) is 10.9 Å². The van der Waals surface area contributed by atoms with E-state index in [9.17, 15) is 18.0 Å². The average molecular weight is 304 g/mol. The fourth-order valence-electron chi connectivity index (χ4n) is 1.78. The van der Waals surface area contributed by atoms with Crippen molar-refractivity contribution in [2.24, 2.45) is 0 Å². The minimum atomic E-state index is -4.59. The molecule has 0 radical (unpaired) electrons. The van der Waals surface area contributed by atoms with E-state index in [1.807, 2.05) is 6.92 Å². The van der Waals surface area contributed by atoms with Crippen molar-refractivity contribution in [1.29, 1.82) is 0 Å². The average Bonchev–Trinajstić information content (AvgIpc) is 2.35. The lowest BCUT2D eigenvalue weighted by Crippen LogP contribution is -2.40. The van der Waals surface area contributed by atoms with E-state index in [0.29, 0.717) is 6.61 Å². The van der Waals surface area contributed by atoms with Crippen LogP contribution in [0.3, 0.4) is 0 Å². The number of alkyl halides is 3. The van der Waals surface area contributed by atoms with Crippen molar-refractivity contribution < 1.29 is 22.7 Å². The number of benzene rings is 1. The molecule has 0 unspecified atom stereocenters. The molecule has 0 atom stereocenters. The van der Waals surface area contributed by atoms with Crippen molar-refractivity contribution in [3.63, 3.8) is 0 Å². The van der Waals surface area contributed by atoms with Gasteiger partial charge in [-0.05, 0) is 39.0 Å². The summed E-state index contributed by atoms with van der Waals surface area (Å²) < 4.78 is 43.6. The van der Waals surface area contributed by atoms with Crippen LogP contribution in [0.25, 0.3) is 0 Å². The van der Waals surface area contributed by atoms with Crippen LogP contribution in [0.15, 0.2) is 18.2 Å². The molecular weight excluding hydrogens is 285 g/mol. The summed E-state index contributed by atoms with van der Waals surface area (Å²) in [7, 11) is 0. The zero-order chi connectivity index (χ0) is 16.3. The predicted octanol–water partition coefficient (Wildman–Crippen LogP) is 2.83. The summed E-state index contributed by atoms with van der Waals surface area (Å²) in [6, 6.07) is 3.08. The number of carbonyl (C=O) groups is 1. The molecule has 0 saturated carbocycles. The zero-order valence-electron chi connectivity index (χ0n) is 12.2. The molecule has 7 heteroatoms. The van der Waals surface area contributed by atoms with Crippen molar-refractivity contribution in [1.82, 2.24) is 5.32 Å². The second-order valence-corrected chi connectivity index (χ2v) is 5.18. The Kier molecular flexibility index (Phi) is 5.22. The Labute approximate surface area is 121 Å². The van der Waals surface area contributed by atoms with Crippen molar-refractivity contribution in [3.8, 4) is 0 Å². The molecular formula is C14H19F3N2O2. The highest BCUT2D eigenvalue weighted by atomic mass is 19.4. The van der Waals surface area contributed by atoms with E-state index in [0.717, 1.165) is 12.1 Å². The third kappa shape index (κ3) is 4.93. The van der Waals surface area contributed by atoms with E-state index in [4.69, 9.17) is 10.5 Å². The summed E-state index contributed by atoms with van der Waals surface area (Å²) >= 11 is 0. The van der Waals surface area contributed by atoms with Crippen LogP contribution < -0.4 is 11.1 Å². The van der Waals surface area contributed by atoms with Crippen molar-refractivity contribution in [3.05, 3.63) is 29.3 Å². The third-order valence-electron chi connectivity index (χ3n) is 2.83. The number of nitrogen functional groups attached to an aromatic ring is 1. The number of hydrogen-bond acceptors (Lipinski definition) is 3. The molecule has 0 aromatic heterocycles. The molecule has 1 aromatic rings. The first-order valence-electron chi connectivity index (χ1n) is 6.45. The first-order chi connectivity index (χ1) is 9.57. The molecule has 1 amide bonds. The second kappa shape index (κ2) is 6.34. The SMILES string of the molecule is CCOC(C)(C)CNC(=O)c1ccc(N)c(C(F)(F)F)c1. The summed E-state index contributed by atoms with van der Waals surface area (Å²) in [5, 5.41) is 2.55. The summed E-state index contributed by atoms with van der Waals surface area (Å²) in [6.45, 7) is 6.04. The summed E-state index contributed by atoms with van der Waals surface area (Å²) in [6.07, 6.45) is -4.59. The van der Waals surface area contributed by atoms with Crippen LogP contribution in [0, 0.1) is 0 Å². The predicted molar refractivity (Wildman–Crippen MR) is 73.9 cm³/mol. The molecule has 0 spiro atoms. The lowest BCUT2D eigenvalue weighted by molar-refractivity contribution is -0.136. The van der Waals surface area contributed by atoms with Crippen LogP contribution in [-0.4, -0.2) is 24.7 Å². The number of hydrogen-bond donors (Lipinski definition) is 2. The van der Waals surface area contributed by atoms with E-state index in [1.165, 1.54) is 6.07 Å². The van der Waals surface area contributed by atoms with E-state index in [-0.39, 0.29) is 12.1 Å². The molecule has 1 rings (SSSR count). The van der Waals surface area contributed by atoms with Gasteiger partial charge in [-0.3, -0.25) is 4.79 Å². The topological polar surface area (TPSA) is 64.3 Å². The lowest BCUT2D eigenvalue weighted by Gasteiger charge is -2.25. The molecule has 0 aliphatic heterocycles. The monoisotopic (exact) mass is 304 g/mol. The van der Waals surface area contributed by atoms with Crippen LogP contribution in [0.4, 0.5) is 18.9 Å². The Hall–Kier alpha value is -1.76. The van der Waals surface area contributed by atoms with Gasteiger partial charge in [0, 0.05) is 24.4 Å². The number of nitrogens with one attached hydrogen (secondary N) is 1. The van der Waals surface area contributed by atoms with Gasteiger partial charge >= 0.3 is 6.18 Å². The Bertz CT molecular complexity index is 513. The number of halogens is 3. The standard InChI is InChI=1S/C14H19F3N2O2/c1-4-21-13(2,3)8-19-12(20)9-5-6-11(18)10(7-9)14(15,16)17/h5-7H,4,8,18H2,1-3H3,(H,19,20). The molecule has 4 nitrogen and oxygen atoms in total. The minimum Gasteiger partial charge on any atom is -0.398 e. The Morgan fingerprint density at radius 3 is 2.48 bits per heavy atom. The molecule has 0 fully saturated rings. The third-order valence-corrected chi connectivity index (χ3v) is 2.83. The number of nitrogens with two attached hydrogens (primary N) is 1. The van der Waals surface area contributed by atoms with Gasteiger partial charge in [0.2, 0.25) is 0 Å². The smallest absolute Gasteiger partial charge is 0.398 e. The molecule has 1 aromatic carbocycles. The molecule has 118 valence electrons. The number of ether oxygens (including phenoxy) is 1. The first kappa shape index (κ1) is 17.3. The Balaban J connectivity index is 2.85. The number of anilines is 1. The van der Waals surface area contributed by atoms with Gasteiger partial charge in [-0.25, -0.2) is 0 Å². The highest BCUT2D eigenvalue weighted by Gasteiger charge is 2.33. The Morgan fingerprint density at radius 1 is 1.33 bits per heavy atom. The lowest BCUT2D eigenvalue weighted by atomic mass is 10.1. The van der Waals surface area contributed by atoms with Gasteiger partial charge < -0.3 is 15.8 Å². The maximum Gasteiger partial charge on any atom is 0.418 e. The van der Waals surface area contributed by atoms with Crippen LogP contribution in [0.1, 0.15) is 36.7 Å². The van der Waals surface area contributed by atoms with Gasteiger partial charge in [-0.2, -0.15) is 13.2 Å². The number of rotatable bonds is 5. The van der Waals surface area contributed by atoms with E-state index in [1.54, 1.807) is 13.8 Å². The quantitative estimate of drug-likeness (QED) is 0.822. The second-order valence-electron chi connectivity index (χ2n) is 5.18. The van der Waals surface area contributed by atoms with Crippen LogP contribution in [0.5, 0.6) is 0 Å². The normalized spacial score (nSPS) is 12.3. The highest BCUT2D eigenvalue weighted by Crippen LogP contribution is 2.33. The summed E-state index contributed by atoms with van der Waals surface area (Å²) in [4.78, 5) is 11.9. The highest BCUT2D eigenvalue weighted by molar-refractivity contribution is 5.94. The van der Waals surface area contributed by atoms with Crippen LogP contribution >= 0.6 is 0 Å². The van der Waals surface area contributed by atoms with Gasteiger partial charge in [-0.15, -0.1) is 0 Å². The maximum absolute atomic E-state index is 12.7. The fraction of sp³-hybridized carbons (Fsp3) is 0.500.